The second-order valence-corrected chi connectivity index (χ2v) is 5.10. The summed E-state index contributed by atoms with van der Waals surface area (Å²) in [4.78, 5) is 13.3. The third-order valence-corrected chi connectivity index (χ3v) is 3.81. The number of thiophene rings is 1. The molecule has 0 unspecified atom stereocenters. The number of fused-ring (bicyclic) bond motifs is 1. The maximum atomic E-state index is 12.0. The molecule has 3 rings (SSSR count). The van der Waals surface area contributed by atoms with Crippen LogP contribution in [0.1, 0.15) is 21.7 Å². The van der Waals surface area contributed by atoms with E-state index in [4.69, 9.17) is 9.47 Å². The van der Waals surface area contributed by atoms with Crippen LogP contribution >= 0.6 is 11.3 Å². The highest BCUT2D eigenvalue weighted by Gasteiger charge is 2.16. The molecular weight excluding hydrogens is 248 g/mol. The number of carbonyl (C=O) groups excluding carboxylic acids is 1. The van der Waals surface area contributed by atoms with E-state index in [1.807, 2.05) is 11.4 Å². The molecule has 92 valence electrons. The molecule has 0 aliphatic carbocycles. The summed E-state index contributed by atoms with van der Waals surface area (Å²) in [7, 11) is 0. The molecule has 0 bridgehead atoms. The molecule has 0 saturated carbocycles. The number of hydrogen-bond acceptors (Lipinski definition) is 4. The molecule has 0 spiro atoms. The predicted molar refractivity (Wildman–Crippen MR) is 69.5 cm³/mol. The molecule has 1 aromatic heterocycles. The fourth-order valence-electron chi connectivity index (χ4n) is 1.91. The van der Waals surface area contributed by atoms with Gasteiger partial charge in [0.15, 0.2) is 17.3 Å². The molecule has 3 nitrogen and oxygen atoms in total. The van der Waals surface area contributed by atoms with Gasteiger partial charge in [-0.25, -0.2) is 0 Å². The van der Waals surface area contributed by atoms with Crippen LogP contribution in [0.15, 0.2) is 35.7 Å². The van der Waals surface area contributed by atoms with E-state index in [0.29, 0.717) is 23.5 Å². The van der Waals surface area contributed by atoms with Gasteiger partial charge in [0.25, 0.3) is 0 Å². The molecule has 0 radical (unpaired) electrons. The van der Waals surface area contributed by atoms with Crippen molar-refractivity contribution < 1.29 is 14.3 Å². The molecule has 0 saturated heterocycles. The zero-order valence-corrected chi connectivity index (χ0v) is 10.5. The maximum Gasteiger partial charge on any atom is 0.231 e. The van der Waals surface area contributed by atoms with Crippen molar-refractivity contribution in [3.05, 3.63) is 46.2 Å². The van der Waals surface area contributed by atoms with Crippen molar-refractivity contribution >= 4 is 17.1 Å². The summed E-state index contributed by atoms with van der Waals surface area (Å²) in [6, 6.07) is 9.41. The van der Waals surface area contributed by atoms with Crippen LogP contribution in [-0.4, -0.2) is 12.6 Å². The minimum Gasteiger partial charge on any atom is -0.454 e. The number of rotatable bonds is 4. The third-order valence-electron chi connectivity index (χ3n) is 2.87. The first kappa shape index (κ1) is 11.3. The van der Waals surface area contributed by atoms with Gasteiger partial charge in [0.2, 0.25) is 6.79 Å². The lowest BCUT2D eigenvalue weighted by Crippen LogP contribution is -2.00. The highest BCUT2D eigenvalue weighted by Crippen LogP contribution is 2.32. The summed E-state index contributed by atoms with van der Waals surface area (Å²) < 4.78 is 10.5. The molecule has 4 heteroatoms. The summed E-state index contributed by atoms with van der Waals surface area (Å²) in [6.45, 7) is 0.238. The molecule has 2 heterocycles. The summed E-state index contributed by atoms with van der Waals surface area (Å²) in [5.74, 6) is 1.52. The number of ether oxygens (including phenoxy) is 2. The van der Waals surface area contributed by atoms with Crippen molar-refractivity contribution in [2.24, 2.45) is 0 Å². The van der Waals surface area contributed by atoms with E-state index in [-0.39, 0.29) is 12.6 Å². The van der Waals surface area contributed by atoms with Crippen LogP contribution in [0.3, 0.4) is 0 Å². The van der Waals surface area contributed by atoms with Crippen LogP contribution in [0.5, 0.6) is 11.5 Å². The van der Waals surface area contributed by atoms with Gasteiger partial charge in [-0.2, -0.15) is 0 Å². The van der Waals surface area contributed by atoms with Crippen molar-refractivity contribution in [1.82, 2.24) is 0 Å². The Morgan fingerprint density at radius 3 is 2.94 bits per heavy atom. The molecule has 1 aromatic carbocycles. The summed E-state index contributed by atoms with van der Waals surface area (Å²) in [6.07, 6.45) is 1.32. The lowest BCUT2D eigenvalue weighted by molar-refractivity contribution is 0.0982. The van der Waals surface area contributed by atoms with Crippen LogP contribution in [0.2, 0.25) is 0 Å². The van der Waals surface area contributed by atoms with Gasteiger partial charge in [0.1, 0.15) is 0 Å². The number of aryl methyl sites for hydroxylation is 1. The zero-order chi connectivity index (χ0) is 12.4. The lowest BCUT2D eigenvalue weighted by Gasteiger charge is -2.02. The monoisotopic (exact) mass is 260 g/mol. The quantitative estimate of drug-likeness (QED) is 0.791. The molecule has 18 heavy (non-hydrogen) atoms. The van der Waals surface area contributed by atoms with E-state index >= 15 is 0 Å². The van der Waals surface area contributed by atoms with Crippen molar-refractivity contribution in [3.8, 4) is 11.5 Å². The fraction of sp³-hybridized carbons (Fsp3) is 0.214. The smallest absolute Gasteiger partial charge is 0.231 e. The van der Waals surface area contributed by atoms with E-state index in [2.05, 4.69) is 6.07 Å². The average Bonchev–Trinajstić information content (AvgIpc) is 3.05. The van der Waals surface area contributed by atoms with Crippen molar-refractivity contribution in [3.63, 3.8) is 0 Å². The van der Waals surface area contributed by atoms with Gasteiger partial charge in [-0.05, 0) is 36.1 Å². The second kappa shape index (κ2) is 4.82. The number of carbonyl (C=O) groups is 1. The van der Waals surface area contributed by atoms with Gasteiger partial charge in [0, 0.05) is 16.9 Å². The van der Waals surface area contributed by atoms with Gasteiger partial charge >= 0.3 is 0 Å². The Morgan fingerprint density at radius 2 is 2.11 bits per heavy atom. The summed E-state index contributed by atoms with van der Waals surface area (Å²) in [5.41, 5.74) is 0.691. The van der Waals surface area contributed by atoms with Gasteiger partial charge < -0.3 is 9.47 Å². The van der Waals surface area contributed by atoms with E-state index in [9.17, 15) is 4.79 Å². The average molecular weight is 260 g/mol. The minimum atomic E-state index is 0.140. The van der Waals surface area contributed by atoms with Crippen LogP contribution in [0.4, 0.5) is 0 Å². The predicted octanol–water partition coefficient (Wildman–Crippen LogP) is 3.29. The molecule has 1 aliphatic heterocycles. The summed E-state index contributed by atoms with van der Waals surface area (Å²) >= 11 is 1.68. The lowest BCUT2D eigenvalue weighted by atomic mass is 10.1. The molecule has 2 aromatic rings. The van der Waals surface area contributed by atoms with E-state index < -0.39 is 0 Å². The van der Waals surface area contributed by atoms with Crippen LogP contribution in [0, 0.1) is 0 Å². The Bertz CT molecular complexity index is 560. The molecule has 0 N–H and O–H groups in total. The second-order valence-electron chi connectivity index (χ2n) is 4.07. The van der Waals surface area contributed by atoms with Gasteiger partial charge in [-0.1, -0.05) is 6.07 Å². The SMILES string of the molecule is O=C(CCc1cccs1)c1ccc2c(c1)OCO2. The highest BCUT2D eigenvalue weighted by atomic mass is 32.1. The number of hydrogen-bond donors (Lipinski definition) is 0. The first-order chi connectivity index (χ1) is 8.83. The maximum absolute atomic E-state index is 12.0. The molecule has 0 fully saturated rings. The molecule has 0 atom stereocenters. The zero-order valence-electron chi connectivity index (χ0n) is 9.72. The Labute approximate surface area is 109 Å². The normalized spacial score (nSPS) is 12.7. The fourth-order valence-corrected chi connectivity index (χ4v) is 2.61. The Kier molecular flexibility index (Phi) is 3.02. The van der Waals surface area contributed by atoms with Gasteiger partial charge in [0.05, 0.1) is 0 Å². The first-order valence-electron chi connectivity index (χ1n) is 5.78. The number of Topliss-reactive ketones (excluding diaryl/α,β-unsaturated/α-hetero) is 1. The van der Waals surface area contributed by atoms with Gasteiger partial charge in [-0.15, -0.1) is 11.3 Å². The van der Waals surface area contributed by atoms with Crippen molar-refractivity contribution in [2.45, 2.75) is 12.8 Å². The largest absolute Gasteiger partial charge is 0.454 e. The van der Waals surface area contributed by atoms with Crippen molar-refractivity contribution in [1.29, 1.82) is 0 Å². The van der Waals surface area contributed by atoms with Gasteiger partial charge in [-0.3, -0.25) is 4.79 Å². The Hall–Kier alpha value is -1.81. The summed E-state index contributed by atoms with van der Waals surface area (Å²) in [5, 5.41) is 2.03. The molecule has 0 amide bonds. The Balaban J connectivity index is 1.69. The first-order valence-corrected chi connectivity index (χ1v) is 6.66. The van der Waals surface area contributed by atoms with Crippen LogP contribution in [-0.2, 0) is 6.42 Å². The number of ketones is 1. The van der Waals surface area contributed by atoms with E-state index in [1.54, 1.807) is 29.5 Å². The molecular formula is C14H12O3S. The van der Waals surface area contributed by atoms with E-state index in [1.165, 1.54) is 4.88 Å². The minimum absolute atomic E-state index is 0.140. The van der Waals surface area contributed by atoms with E-state index in [0.717, 1.165) is 6.42 Å². The van der Waals surface area contributed by atoms with Crippen molar-refractivity contribution in [2.75, 3.05) is 6.79 Å². The highest BCUT2D eigenvalue weighted by molar-refractivity contribution is 7.09. The topological polar surface area (TPSA) is 35.5 Å². The third kappa shape index (κ3) is 2.24. The number of benzene rings is 1. The Morgan fingerprint density at radius 1 is 1.22 bits per heavy atom. The standard InChI is InChI=1S/C14H12O3S/c15-12(5-4-11-2-1-7-18-11)10-3-6-13-14(8-10)17-9-16-13/h1-3,6-8H,4-5,9H2. The van der Waals surface area contributed by atoms with Crippen LogP contribution < -0.4 is 9.47 Å². The van der Waals surface area contributed by atoms with Crippen LogP contribution in [0.25, 0.3) is 0 Å². The molecule has 1 aliphatic rings.